The molecule has 12 heteroatoms. The first kappa shape index (κ1) is 25.5. The SMILES string of the molecule is CS(=O)c1ccc2nc(CCC(F)(F)F)n(Cc3ccc(-c4ccccc4-c4nn[nH]n4)cc3)c(=O)c2c1. The monoisotopic (exact) mass is 538 g/mol. The van der Waals surface area contributed by atoms with E-state index in [1.165, 1.54) is 23.0 Å². The van der Waals surface area contributed by atoms with E-state index >= 15 is 0 Å². The van der Waals surface area contributed by atoms with Crippen LogP contribution in [0.25, 0.3) is 33.4 Å². The van der Waals surface area contributed by atoms with Crippen LogP contribution in [0.2, 0.25) is 0 Å². The predicted molar refractivity (Wildman–Crippen MR) is 137 cm³/mol. The summed E-state index contributed by atoms with van der Waals surface area (Å²) in [6.45, 7) is 0.0289. The third-order valence-corrected chi connectivity index (χ3v) is 7.01. The van der Waals surface area contributed by atoms with Crippen molar-refractivity contribution in [1.29, 1.82) is 0 Å². The third kappa shape index (κ3) is 5.40. The molecule has 0 aliphatic heterocycles. The van der Waals surface area contributed by atoms with Crippen molar-refractivity contribution in [3.8, 4) is 22.5 Å². The summed E-state index contributed by atoms with van der Waals surface area (Å²) >= 11 is 0. The number of aromatic nitrogens is 6. The van der Waals surface area contributed by atoms with Gasteiger partial charge in [0.1, 0.15) is 5.82 Å². The van der Waals surface area contributed by atoms with Crippen molar-refractivity contribution < 1.29 is 17.4 Å². The van der Waals surface area contributed by atoms with E-state index in [0.717, 1.165) is 16.7 Å². The zero-order valence-electron chi connectivity index (χ0n) is 20.1. The summed E-state index contributed by atoms with van der Waals surface area (Å²) in [5, 5.41) is 14.4. The quantitative estimate of drug-likeness (QED) is 0.327. The van der Waals surface area contributed by atoms with E-state index in [4.69, 9.17) is 0 Å². The van der Waals surface area contributed by atoms with Crippen LogP contribution in [0, 0.1) is 0 Å². The van der Waals surface area contributed by atoms with E-state index < -0.39 is 35.4 Å². The van der Waals surface area contributed by atoms with Crippen LogP contribution < -0.4 is 5.56 Å². The molecule has 0 saturated carbocycles. The Hall–Kier alpha value is -4.19. The molecule has 0 amide bonds. The molecule has 3 aromatic carbocycles. The minimum absolute atomic E-state index is 0.0289. The summed E-state index contributed by atoms with van der Waals surface area (Å²) in [5.74, 6) is 0.483. The Balaban J connectivity index is 1.53. The summed E-state index contributed by atoms with van der Waals surface area (Å²) in [4.78, 5) is 18.3. The number of nitrogens with one attached hydrogen (secondary N) is 1. The first-order valence-electron chi connectivity index (χ1n) is 11.6. The summed E-state index contributed by atoms with van der Waals surface area (Å²) in [5.41, 5.74) is 3.01. The number of aromatic amines is 1. The third-order valence-electron chi connectivity index (χ3n) is 6.09. The molecule has 0 aliphatic rings. The average molecular weight is 539 g/mol. The maximum absolute atomic E-state index is 13.4. The number of tetrazole rings is 1. The number of alkyl halides is 3. The topological polar surface area (TPSA) is 106 Å². The normalized spacial score (nSPS) is 12.6. The van der Waals surface area contributed by atoms with Crippen LogP contribution in [0.15, 0.2) is 76.4 Å². The minimum atomic E-state index is -4.39. The summed E-state index contributed by atoms with van der Waals surface area (Å²) in [6.07, 6.45) is -4.45. The summed E-state index contributed by atoms with van der Waals surface area (Å²) in [7, 11) is -1.33. The zero-order valence-corrected chi connectivity index (χ0v) is 20.9. The van der Waals surface area contributed by atoms with Gasteiger partial charge < -0.3 is 0 Å². The number of halogens is 3. The van der Waals surface area contributed by atoms with Gasteiger partial charge in [-0.1, -0.05) is 48.5 Å². The molecule has 5 aromatic rings. The molecule has 0 spiro atoms. The van der Waals surface area contributed by atoms with Crippen molar-refractivity contribution in [1.82, 2.24) is 30.2 Å². The molecule has 1 atom stereocenters. The van der Waals surface area contributed by atoms with Crippen molar-refractivity contribution in [3.63, 3.8) is 0 Å². The van der Waals surface area contributed by atoms with E-state index in [1.807, 2.05) is 48.5 Å². The van der Waals surface area contributed by atoms with Gasteiger partial charge in [-0.15, -0.1) is 10.2 Å². The van der Waals surface area contributed by atoms with Crippen molar-refractivity contribution >= 4 is 21.7 Å². The summed E-state index contributed by atoms with van der Waals surface area (Å²) in [6, 6.07) is 19.5. The second-order valence-electron chi connectivity index (χ2n) is 8.65. The van der Waals surface area contributed by atoms with Gasteiger partial charge in [0.15, 0.2) is 0 Å². The smallest absolute Gasteiger partial charge is 0.292 e. The Bertz CT molecular complexity index is 1680. The summed E-state index contributed by atoms with van der Waals surface area (Å²) < 4.78 is 52.3. The number of hydrogen-bond acceptors (Lipinski definition) is 6. The Morgan fingerprint density at radius 1 is 1.00 bits per heavy atom. The van der Waals surface area contributed by atoms with Crippen LogP contribution in [-0.2, 0) is 23.8 Å². The van der Waals surface area contributed by atoms with Gasteiger partial charge in [0, 0.05) is 33.9 Å². The van der Waals surface area contributed by atoms with E-state index in [-0.39, 0.29) is 23.3 Å². The fraction of sp³-hybridized carbons (Fsp3) is 0.192. The number of rotatable bonds is 7. The van der Waals surface area contributed by atoms with E-state index in [9.17, 15) is 22.2 Å². The standard InChI is InChI=1S/C26H21F3N6O2S/c1-38(37)18-10-11-22-21(14-18)25(36)35(23(30-22)12-13-26(27,28)29)15-16-6-8-17(9-7-16)19-4-2-3-5-20(19)24-31-33-34-32-24/h2-11,14H,12-13,15H2,1H3,(H,31,32,33,34). The van der Waals surface area contributed by atoms with Crippen molar-refractivity contribution in [3.05, 3.63) is 88.5 Å². The molecule has 2 aromatic heterocycles. The molecule has 0 aliphatic carbocycles. The minimum Gasteiger partial charge on any atom is -0.292 e. The number of H-pyrrole nitrogens is 1. The van der Waals surface area contributed by atoms with Crippen LogP contribution in [0.5, 0.6) is 0 Å². The molecule has 5 rings (SSSR count). The molecule has 0 bridgehead atoms. The first-order valence-corrected chi connectivity index (χ1v) is 13.1. The van der Waals surface area contributed by atoms with Crippen LogP contribution >= 0.6 is 0 Å². The Labute approximate surface area is 217 Å². The van der Waals surface area contributed by atoms with Crippen LogP contribution in [0.3, 0.4) is 0 Å². The van der Waals surface area contributed by atoms with E-state index in [2.05, 4.69) is 25.6 Å². The first-order chi connectivity index (χ1) is 18.2. The lowest BCUT2D eigenvalue weighted by Gasteiger charge is -2.15. The maximum atomic E-state index is 13.4. The molecule has 1 N–H and O–H groups in total. The van der Waals surface area contributed by atoms with Crippen LogP contribution in [0.4, 0.5) is 13.2 Å². The number of nitrogens with zero attached hydrogens (tertiary/aromatic N) is 5. The van der Waals surface area contributed by atoms with E-state index in [0.29, 0.717) is 16.3 Å². The molecular weight excluding hydrogens is 517 g/mol. The lowest BCUT2D eigenvalue weighted by atomic mass is 9.98. The fourth-order valence-corrected chi connectivity index (χ4v) is 4.75. The number of fused-ring (bicyclic) bond motifs is 1. The Morgan fingerprint density at radius 2 is 1.74 bits per heavy atom. The molecule has 0 saturated heterocycles. The van der Waals surface area contributed by atoms with Crippen molar-refractivity contribution in [2.75, 3.05) is 6.26 Å². The van der Waals surface area contributed by atoms with Gasteiger partial charge >= 0.3 is 6.18 Å². The molecule has 8 nitrogen and oxygen atoms in total. The van der Waals surface area contributed by atoms with Gasteiger partial charge in [-0.25, -0.2) is 4.98 Å². The number of benzene rings is 3. The van der Waals surface area contributed by atoms with Gasteiger partial charge in [0.05, 0.1) is 23.9 Å². The second-order valence-corrected chi connectivity index (χ2v) is 10.0. The molecule has 38 heavy (non-hydrogen) atoms. The van der Waals surface area contributed by atoms with Crippen LogP contribution in [-0.4, -0.2) is 46.8 Å². The molecular formula is C26H21F3N6O2S. The second kappa shape index (κ2) is 10.3. The van der Waals surface area contributed by atoms with Gasteiger partial charge in [-0.05, 0) is 40.1 Å². The fourth-order valence-electron chi connectivity index (χ4n) is 4.21. The highest BCUT2D eigenvalue weighted by Gasteiger charge is 2.28. The van der Waals surface area contributed by atoms with Crippen molar-refractivity contribution in [2.45, 2.75) is 30.5 Å². The van der Waals surface area contributed by atoms with Gasteiger partial charge in [0.25, 0.3) is 5.56 Å². The lowest BCUT2D eigenvalue weighted by Crippen LogP contribution is -2.27. The molecule has 0 radical (unpaired) electrons. The van der Waals surface area contributed by atoms with Crippen LogP contribution in [0.1, 0.15) is 17.8 Å². The molecule has 194 valence electrons. The van der Waals surface area contributed by atoms with Gasteiger partial charge in [0.2, 0.25) is 5.82 Å². The Kier molecular flexibility index (Phi) is 6.89. The van der Waals surface area contributed by atoms with Gasteiger partial charge in [-0.3, -0.25) is 13.6 Å². The highest BCUT2D eigenvalue weighted by Crippen LogP contribution is 2.30. The number of hydrogen-bond donors (Lipinski definition) is 1. The highest BCUT2D eigenvalue weighted by molar-refractivity contribution is 7.84. The lowest BCUT2D eigenvalue weighted by molar-refractivity contribution is -0.134. The maximum Gasteiger partial charge on any atom is 0.389 e. The van der Waals surface area contributed by atoms with E-state index in [1.54, 1.807) is 6.07 Å². The Morgan fingerprint density at radius 3 is 2.39 bits per heavy atom. The molecule has 1 unspecified atom stereocenters. The number of aryl methyl sites for hydroxylation is 1. The van der Waals surface area contributed by atoms with Gasteiger partial charge in [-0.2, -0.15) is 18.4 Å². The average Bonchev–Trinajstić information content (AvgIpc) is 3.44. The van der Waals surface area contributed by atoms with Crippen molar-refractivity contribution in [2.24, 2.45) is 0 Å². The largest absolute Gasteiger partial charge is 0.389 e. The predicted octanol–water partition coefficient (Wildman–Crippen LogP) is 4.52. The zero-order chi connectivity index (χ0) is 26.9. The molecule has 2 heterocycles. The highest BCUT2D eigenvalue weighted by atomic mass is 32.2. The molecule has 0 fully saturated rings.